The summed E-state index contributed by atoms with van der Waals surface area (Å²) < 4.78 is 15.8. The van der Waals surface area contributed by atoms with Crippen molar-refractivity contribution in [1.29, 1.82) is 0 Å². The molecule has 1 aromatic carbocycles. The number of aromatic nitrogens is 3. The highest BCUT2D eigenvalue weighted by Gasteiger charge is 2.07. The largest absolute Gasteiger partial charge is 0.378 e. The highest BCUT2D eigenvalue weighted by Crippen LogP contribution is 2.21. The number of rotatable bonds is 4. The summed E-state index contributed by atoms with van der Waals surface area (Å²) >= 11 is 3.42. The molecule has 2 heterocycles. The van der Waals surface area contributed by atoms with Gasteiger partial charge in [0.05, 0.1) is 5.69 Å². The zero-order valence-electron chi connectivity index (χ0n) is 11.0. The second-order valence-corrected chi connectivity index (χ2v) is 5.27. The van der Waals surface area contributed by atoms with Crippen LogP contribution >= 0.6 is 15.9 Å². The molecular formula is C15H12BrFN4. The number of pyridine rings is 1. The van der Waals surface area contributed by atoms with E-state index in [1.165, 1.54) is 12.1 Å². The van der Waals surface area contributed by atoms with Gasteiger partial charge in [-0.2, -0.15) is 5.10 Å². The van der Waals surface area contributed by atoms with Crippen LogP contribution in [0.15, 0.2) is 59.5 Å². The van der Waals surface area contributed by atoms with Gasteiger partial charge in [0.1, 0.15) is 5.82 Å². The lowest BCUT2D eigenvalue weighted by Crippen LogP contribution is -2.07. The molecule has 0 aliphatic heterocycles. The van der Waals surface area contributed by atoms with Crippen molar-refractivity contribution in [2.45, 2.75) is 6.54 Å². The molecule has 2 aromatic heterocycles. The van der Waals surface area contributed by atoms with E-state index in [0.29, 0.717) is 12.4 Å². The van der Waals surface area contributed by atoms with Gasteiger partial charge in [-0.3, -0.25) is 0 Å². The Morgan fingerprint density at radius 3 is 2.90 bits per heavy atom. The number of nitrogens with zero attached hydrogens (tertiary/aromatic N) is 3. The van der Waals surface area contributed by atoms with E-state index in [2.05, 4.69) is 31.3 Å². The lowest BCUT2D eigenvalue weighted by atomic mass is 10.2. The van der Waals surface area contributed by atoms with Crippen molar-refractivity contribution < 1.29 is 4.39 Å². The molecule has 0 aliphatic rings. The van der Waals surface area contributed by atoms with Gasteiger partial charge in [0, 0.05) is 29.6 Å². The van der Waals surface area contributed by atoms with Crippen molar-refractivity contribution in [1.82, 2.24) is 14.8 Å². The minimum Gasteiger partial charge on any atom is -0.378 e. The highest BCUT2D eigenvalue weighted by atomic mass is 79.9. The van der Waals surface area contributed by atoms with Crippen LogP contribution in [0.5, 0.6) is 0 Å². The SMILES string of the molecule is Fc1ccc(Br)c(CNc2cccnc2-n2cccn2)c1. The summed E-state index contributed by atoms with van der Waals surface area (Å²) in [6, 6.07) is 10.2. The van der Waals surface area contributed by atoms with Gasteiger partial charge in [-0.05, 0) is 42.0 Å². The van der Waals surface area contributed by atoms with Gasteiger partial charge < -0.3 is 5.32 Å². The van der Waals surface area contributed by atoms with Gasteiger partial charge in [0.2, 0.25) is 0 Å². The molecule has 0 radical (unpaired) electrons. The molecule has 0 saturated carbocycles. The minimum absolute atomic E-state index is 0.256. The minimum atomic E-state index is -0.256. The first-order chi connectivity index (χ1) is 10.2. The Kier molecular flexibility index (Phi) is 3.96. The molecular weight excluding hydrogens is 335 g/mol. The van der Waals surface area contributed by atoms with Crippen molar-refractivity contribution in [3.8, 4) is 5.82 Å². The third kappa shape index (κ3) is 3.11. The van der Waals surface area contributed by atoms with Crippen molar-refractivity contribution in [3.63, 3.8) is 0 Å². The molecule has 0 saturated heterocycles. The summed E-state index contributed by atoms with van der Waals surface area (Å²) in [4.78, 5) is 4.33. The predicted octanol–water partition coefficient (Wildman–Crippen LogP) is 3.78. The zero-order chi connectivity index (χ0) is 14.7. The molecule has 1 N–H and O–H groups in total. The number of nitrogens with one attached hydrogen (secondary N) is 1. The summed E-state index contributed by atoms with van der Waals surface area (Å²) in [6.45, 7) is 0.484. The molecule has 21 heavy (non-hydrogen) atoms. The smallest absolute Gasteiger partial charge is 0.176 e. The van der Waals surface area contributed by atoms with E-state index >= 15 is 0 Å². The Labute approximate surface area is 129 Å². The van der Waals surface area contributed by atoms with Crippen LogP contribution in [0, 0.1) is 5.82 Å². The van der Waals surface area contributed by atoms with Gasteiger partial charge in [0.15, 0.2) is 5.82 Å². The Morgan fingerprint density at radius 1 is 1.19 bits per heavy atom. The Morgan fingerprint density at radius 2 is 2.10 bits per heavy atom. The quantitative estimate of drug-likeness (QED) is 0.781. The Hall–Kier alpha value is -2.21. The molecule has 0 fully saturated rings. The van der Waals surface area contributed by atoms with Crippen LogP contribution in [-0.2, 0) is 6.54 Å². The summed E-state index contributed by atoms with van der Waals surface area (Å²) in [5, 5.41) is 7.44. The fraction of sp³-hybridized carbons (Fsp3) is 0.0667. The van der Waals surface area contributed by atoms with E-state index < -0.39 is 0 Å². The average Bonchev–Trinajstić information content (AvgIpc) is 3.03. The van der Waals surface area contributed by atoms with Gasteiger partial charge >= 0.3 is 0 Å². The van der Waals surface area contributed by atoms with Crippen LogP contribution in [0.3, 0.4) is 0 Å². The molecule has 0 unspecified atom stereocenters. The summed E-state index contributed by atoms with van der Waals surface area (Å²) in [6.07, 6.45) is 5.23. The van der Waals surface area contributed by atoms with Gasteiger partial charge in [-0.15, -0.1) is 0 Å². The van der Waals surface area contributed by atoms with E-state index in [4.69, 9.17) is 0 Å². The average molecular weight is 347 g/mol. The standard InChI is InChI=1S/C15H12BrFN4/c16-13-5-4-12(17)9-11(13)10-19-14-3-1-6-18-15(14)21-8-2-7-20-21/h1-9,19H,10H2. The van der Waals surface area contributed by atoms with Crippen LogP contribution in [0.4, 0.5) is 10.1 Å². The number of benzene rings is 1. The van der Waals surface area contributed by atoms with Crippen molar-refractivity contribution in [3.05, 3.63) is 70.8 Å². The third-order valence-corrected chi connectivity index (χ3v) is 3.76. The highest BCUT2D eigenvalue weighted by molar-refractivity contribution is 9.10. The van der Waals surface area contributed by atoms with E-state index in [-0.39, 0.29) is 5.82 Å². The number of hydrogen-bond acceptors (Lipinski definition) is 3. The van der Waals surface area contributed by atoms with Crippen LogP contribution in [0.1, 0.15) is 5.56 Å². The third-order valence-electron chi connectivity index (χ3n) is 2.99. The van der Waals surface area contributed by atoms with Gasteiger partial charge in [0.25, 0.3) is 0 Å². The van der Waals surface area contributed by atoms with Crippen LogP contribution in [-0.4, -0.2) is 14.8 Å². The van der Waals surface area contributed by atoms with Crippen LogP contribution < -0.4 is 5.32 Å². The maximum Gasteiger partial charge on any atom is 0.176 e. The first-order valence-corrected chi connectivity index (χ1v) is 7.16. The van der Waals surface area contributed by atoms with Gasteiger partial charge in [-0.25, -0.2) is 14.1 Å². The lowest BCUT2D eigenvalue weighted by Gasteiger charge is -2.12. The van der Waals surface area contributed by atoms with Crippen molar-refractivity contribution in [2.75, 3.05) is 5.32 Å². The fourth-order valence-corrected chi connectivity index (χ4v) is 2.37. The fourth-order valence-electron chi connectivity index (χ4n) is 1.98. The number of halogens is 2. The van der Waals surface area contributed by atoms with E-state index in [1.54, 1.807) is 23.1 Å². The van der Waals surface area contributed by atoms with Crippen LogP contribution in [0.2, 0.25) is 0 Å². The maximum atomic E-state index is 13.3. The molecule has 3 aromatic rings. The monoisotopic (exact) mass is 346 g/mol. The number of hydrogen-bond donors (Lipinski definition) is 1. The van der Waals surface area contributed by atoms with E-state index in [1.807, 2.05) is 24.4 Å². The number of anilines is 1. The Bertz CT molecular complexity index is 743. The maximum absolute atomic E-state index is 13.3. The van der Waals surface area contributed by atoms with Crippen molar-refractivity contribution >= 4 is 21.6 Å². The Balaban J connectivity index is 1.84. The first kappa shape index (κ1) is 13.8. The lowest BCUT2D eigenvalue weighted by molar-refractivity contribution is 0.625. The molecule has 0 aliphatic carbocycles. The zero-order valence-corrected chi connectivity index (χ0v) is 12.6. The summed E-state index contributed by atoms with van der Waals surface area (Å²) in [7, 11) is 0. The predicted molar refractivity (Wildman–Crippen MR) is 82.8 cm³/mol. The molecule has 6 heteroatoms. The molecule has 3 rings (SSSR count). The molecule has 0 amide bonds. The normalized spacial score (nSPS) is 10.6. The van der Waals surface area contributed by atoms with Gasteiger partial charge in [-0.1, -0.05) is 15.9 Å². The molecule has 0 atom stereocenters. The molecule has 0 spiro atoms. The molecule has 0 bridgehead atoms. The molecule has 106 valence electrons. The van der Waals surface area contributed by atoms with E-state index in [0.717, 1.165) is 15.7 Å². The topological polar surface area (TPSA) is 42.7 Å². The van der Waals surface area contributed by atoms with Crippen molar-refractivity contribution in [2.24, 2.45) is 0 Å². The van der Waals surface area contributed by atoms with Crippen LogP contribution in [0.25, 0.3) is 5.82 Å². The van der Waals surface area contributed by atoms with E-state index in [9.17, 15) is 4.39 Å². The summed E-state index contributed by atoms with van der Waals surface area (Å²) in [5.74, 6) is 0.448. The summed E-state index contributed by atoms with van der Waals surface area (Å²) in [5.41, 5.74) is 1.67. The first-order valence-electron chi connectivity index (χ1n) is 6.37. The second-order valence-electron chi connectivity index (χ2n) is 4.41. The molecule has 4 nitrogen and oxygen atoms in total. The second kappa shape index (κ2) is 6.05.